The number of guanidine groups is 1. The van der Waals surface area contributed by atoms with Gasteiger partial charge in [-0.25, -0.2) is 0 Å². The van der Waals surface area contributed by atoms with Crippen molar-refractivity contribution >= 4 is 34.3 Å². The number of nitrogens with one attached hydrogen (secondary N) is 3. The third kappa shape index (κ3) is 15.0. The summed E-state index contributed by atoms with van der Waals surface area (Å²) in [6.07, 6.45) is 14.8. The Hall–Kier alpha value is -7.16. The van der Waals surface area contributed by atoms with Crippen molar-refractivity contribution in [2.75, 3.05) is 52.8 Å². The molecule has 8 unspecified atom stereocenters. The zero-order valence-corrected chi connectivity index (χ0v) is 49.3. The van der Waals surface area contributed by atoms with Crippen LogP contribution >= 0.6 is 0 Å². The molecule has 15 heteroatoms. The number of rotatable bonds is 20. The maximum absolute atomic E-state index is 14.4. The maximum Gasteiger partial charge on any atom is 0.192 e. The molecule has 0 saturated carbocycles. The van der Waals surface area contributed by atoms with Gasteiger partial charge in [-0.15, -0.1) is 0 Å². The molecule has 6 aliphatic rings. The number of carbonyl (C=O) groups is 1. The third-order valence-corrected chi connectivity index (χ3v) is 17.3. The Morgan fingerprint density at radius 2 is 1.76 bits per heavy atom. The number of ether oxygens (including phenoxy) is 4. The van der Waals surface area contributed by atoms with E-state index in [-0.39, 0.29) is 60.1 Å². The van der Waals surface area contributed by atoms with Crippen molar-refractivity contribution in [3.05, 3.63) is 158 Å². The molecular weight excluding hydrogens is 1060 g/mol. The molecule has 0 fully saturated rings. The monoisotopic (exact) mass is 1140 g/mol. The van der Waals surface area contributed by atoms with Crippen LogP contribution in [0.4, 0.5) is 5.69 Å². The molecule has 0 spiro atoms. The number of hydrogen-bond donors (Lipinski definition) is 9. The number of aryl methyl sites for hydroxylation is 2. The number of carbonyl (C=O) groups excluding carboxylic acids is 1. The molecule has 84 heavy (non-hydrogen) atoms. The molecule has 10 bridgehead atoms. The molecule has 0 saturated heterocycles. The summed E-state index contributed by atoms with van der Waals surface area (Å²) in [6.45, 7) is 6.21. The first-order valence-electron chi connectivity index (χ1n) is 30.1. The van der Waals surface area contributed by atoms with Gasteiger partial charge in [-0.1, -0.05) is 86.9 Å². The van der Waals surface area contributed by atoms with Crippen LogP contribution < -0.4 is 31.2 Å². The van der Waals surface area contributed by atoms with Gasteiger partial charge in [-0.2, -0.15) is 0 Å². The second kappa shape index (κ2) is 29.1. The summed E-state index contributed by atoms with van der Waals surface area (Å²) in [4.78, 5) is 18.5. The molecule has 15 nitrogen and oxygen atoms in total. The molecule has 4 aliphatic heterocycles. The van der Waals surface area contributed by atoms with Gasteiger partial charge in [-0.05, 0) is 175 Å². The second-order valence-electron chi connectivity index (χ2n) is 23.0. The molecule has 4 heterocycles. The van der Waals surface area contributed by atoms with Gasteiger partial charge in [0.1, 0.15) is 42.3 Å². The smallest absolute Gasteiger partial charge is 0.192 e. The molecule has 10 N–H and O–H groups in total. The lowest BCUT2D eigenvalue weighted by Crippen LogP contribution is -2.35. The van der Waals surface area contributed by atoms with Crippen LogP contribution in [0.2, 0.25) is 0 Å². The highest BCUT2D eigenvalue weighted by molar-refractivity contribution is 6.01. The largest absolute Gasteiger partial charge is 0.508 e. The van der Waals surface area contributed by atoms with Gasteiger partial charge < -0.3 is 60.8 Å². The Balaban J connectivity index is 1.23. The van der Waals surface area contributed by atoms with Gasteiger partial charge >= 0.3 is 0 Å². The van der Waals surface area contributed by atoms with Crippen molar-refractivity contribution in [3.63, 3.8) is 0 Å². The number of phenolic OH excluding ortho intramolecular Hbond substituents is 1. The summed E-state index contributed by atoms with van der Waals surface area (Å²) < 4.78 is 25.3. The number of anilines is 1. The summed E-state index contributed by atoms with van der Waals surface area (Å²) in [7, 11) is 5.14. The van der Waals surface area contributed by atoms with Crippen LogP contribution in [0, 0.1) is 29.8 Å². The number of aromatic hydroxyl groups is 1. The van der Waals surface area contributed by atoms with E-state index in [1.165, 1.54) is 0 Å². The van der Waals surface area contributed by atoms with E-state index in [1.807, 2.05) is 74.7 Å². The second-order valence-corrected chi connectivity index (χ2v) is 23.0. The minimum atomic E-state index is -1.94. The fraction of sp³-hybridized carbons (Fsp3) is 0.449. The number of aliphatic hydroxyl groups is 4. The average molecular weight is 1140 g/mol. The highest BCUT2D eigenvalue weighted by Crippen LogP contribution is 2.51. The summed E-state index contributed by atoms with van der Waals surface area (Å²) >= 11 is 0. The Kier molecular flexibility index (Phi) is 21.3. The first kappa shape index (κ1) is 61.4. The summed E-state index contributed by atoms with van der Waals surface area (Å²) in [5.41, 5.74) is 14.4. The number of benzene rings is 5. The van der Waals surface area contributed by atoms with E-state index in [1.54, 1.807) is 20.2 Å². The molecule has 0 amide bonds. The Morgan fingerprint density at radius 3 is 2.55 bits per heavy atom. The fourth-order valence-corrected chi connectivity index (χ4v) is 12.7. The standard InChI is InChI=1S/C69H85N5O10/c1-6-65(78)73-40-49-35-56(47-16-9-13-44(30-47)24-28-82-27-11-26-71-3)54-25-29-83-52(33-48-36-61(76)57(49)34-46(48)15-8-7-12-43-14-10-17-50(31-43)74-69(70)72-4)37-51(75)21-19-45-20-23-63(81-5)64(32-45)84-41-60-53-22-18-42(2)55-39-62(77)67(54)59(66(53)55)38-58(60)68(79)80/h9-10,13-14,16-18,20,22-23,30-32,34,36,38-39,42,46,48-49,52,54,56,65,68,71,73,76-80H,6-8,11-12,15,19,21,24,26-28,33,35,37,40-41H2,1-5H3,(H3,70,72,74). The predicted octanol–water partition coefficient (Wildman–Crippen LogP) is 10.6. The zero-order valence-electron chi connectivity index (χ0n) is 49.3. The number of nitrogens with two attached hydrogens (primary N) is 1. The van der Waals surface area contributed by atoms with Crippen molar-refractivity contribution < 1.29 is 49.3 Å². The van der Waals surface area contributed by atoms with Crippen LogP contribution in [0.15, 0.2) is 113 Å². The van der Waals surface area contributed by atoms with Gasteiger partial charge in [0, 0.05) is 73.2 Å². The lowest BCUT2D eigenvalue weighted by molar-refractivity contribution is -0.121. The van der Waals surface area contributed by atoms with Crippen LogP contribution in [0.3, 0.4) is 0 Å². The lowest BCUT2D eigenvalue weighted by atomic mass is 9.70. The summed E-state index contributed by atoms with van der Waals surface area (Å²) in [5, 5.41) is 70.8. The number of Topliss-reactive ketones (excluding diaryl/α,β-unsaturated/α-hetero) is 1. The van der Waals surface area contributed by atoms with Gasteiger partial charge in [0.05, 0.1) is 19.6 Å². The van der Waals surface area contributed by atoms with Gasteiger partial charge in [0.2, 0.25) is 0 Å². The zero-order chi connectivity index (χ0) is 59.3. The van der Waals surface area contributed by atoms with Crippen LogP contribution in [0.1, 0.15) is 146 Å². The van der Waals surface area contributed by atoms with Crippen molar-refractivity contribution in [3.8, 4) is 29.3 Å². The molecule has 0 radical (unpaired) electrons. The molecule has 5 aromatic carbocycles. The highest BCUT2D eigenvalue weighted by atomic mass is 16.5. The summed E-state index contributed by atoms with van der Waals surface area (Å²) in [5.74, 6) is 2.77. The van der Waals surface area contributed by atoms with Crippen molar-refractivity contribution in [1.82, 2.24) is 10.6 Å². The number of allylic oxidation sites excluding steroid dienone is 4. The van der Waals surface area contributed by atoms with Crippen molar-refractivity contribution in [2.45, 2.75) is 134 Å². The highest BCUT2D eigenvalue weighted by Gasteiger charge is 2.38. The topological polar surface area (TPSA) is 230 Å². The van der Waals surface area contributed by atoms with E-state index in [0.717, 1.165) is 88.7 Å². The van der Waals surface area contributed by atoms with E-state index in [2.05, 4.69) is 76.3 Å². The van der Waals surface area contributed by atoms with E-state index in [4.69, 9.17) is 24.7 Å². The number of phenols is 1. The van der Waals surface area contributed by atoms with Crippen LogP contribution in [-0.4, -0.2) is 97.1 Å². The average Bonchev–Trinajstić information content (AvgIpc) is 0.981. The number of ketones is 1. The van der Waals surface area contributed by atoms with Crippen LogP contribution in [0.25, 0.3) is 16.8 Å². The van der Waals surface area contributed by atoms with Crippen LogP contribution in [0.5, 0.6) is 17.2 Å². The Bertz CT molecular complexity index is 3300. The van der Waals surface area contributed by atoms with Gasteiger partial charge in [0.25, 0.3) is 0 Å². The van der Waals surface area contributed by atoms with Gasteiger partial charge in [-0.3, -0.25) is 15.1 Å². The Morgan fingerprint density at radius 1 is 0.940 bits per heavy atom. The molecule has 11 rings (SSSR count). The quantitative estimate of drug-likeness (QED) is 0.0116. The minimum absolute atomic E-state index is 0.0151. The number of aliphatic imine (C=N–C) groups is 1. The molecule has 446 valence electrons. The maximum atomic E-state index is 14.4. The fourth-order valence-electron chi connectivity index (χ4n) is 12.7. The minimum Gasteiger partial charge on any atom is -0.508 e. The van der Waals surface area contributed by atoms with E-state index in [0.29, 0.717) is 85.8 Å². The number of methoxy groups -OCH3 is 1. The van der Waals surface area contributed by atoms with E-state index >= 15 is 0 Å². The predicted molar refractivity (Wildman–Crippen MR) is 331 cm³/mol. The molecule has 5 aromatic rings. The molecular formula is C69H85N5O10. The number of unbranched alkanes of at least 4 members (excludes halogenated alkanes) is 1. The lowest BCUT2D eigenvalue weighted by Gasteiger charge is -2.35. The van der Waals surface area contributed by atoms with E-state index < -0.39 is 36.4 Å². The van der Waals surface area contributed by atoms with Gasteiger partial charge in [0.15, 0.2) is 23.7 Å². The number of aliphatic hydroxyl groups excluding tert-OH is 3. The first-order valence-corrected chi connectivity index (χ1v) is 30.1. The molecule has 0 aromatic heterocycles. The number of hydrogen-bond acceptors (Lipinski definition) is 13. The summed E-state index contributed by atoms with van der Waals surface area (Å²) in [6, 6.07) is 25.8. The molecule has 2 aliphatic carbocycles. The first-order chi connectivity index (χ1) is 40.7. The Labute approximate surface area is 495 Å². The van der Waals surface area contributed by atoms with Crippen LogP contribution in [-0.2, 0) is 40.1 Å². The number of nitrogens with zero attached hydrogens (tertiary/aromatic N) is 1. The number of fused-ring (bicyclic) bond motifs is 8. The van der Waals surface area contributed by atoms with E-state index in [9.17, 15) is 30.3 Å². The molecule has 8 atom stereocenters. The van der Waals surface area contributed by atoms with Crippen molar-refractivity contribution in [2.24, 2.45) is 28.5 Å². The normalized spacial score (nSPS) is 21.9. The van der Waals surface area contributed by atoms with Crippen molar-refractivity contribution in [1.29, 1.82) is 0 Å². The SMILES string of the molecule is CCC(O)NCC1CC(c2cccc(CCOCCCNC)c2)C2C#COC(CC(=O)CCc3ccc(OC)c(c3)OCc3c(C(O)O)cc4c2c(O)cc2c4c3C=CC2C)CC2C=C(O)C1=CC2CCCCc1cccc(NC(N)=NC)c1. The third-order valence-electron chi connectivity index (χ3n) is 17.3.